The van der Waals surface area contributed by atoms with E-state index in [9.17, 15) is 0 Å². The van der Waals surface area contributed by atoms with Gasteiger partial charge in [0.05, 0.1) is 6.61 Å². The summed E-state index contributed by atoms with van der Waals surface area (Å²) in [5, 5.41) is 9.70. The molecule has 0 radical (unpaired) electrons. The zero-order valence-electron chi connectivity index (χ0n) is 10.9. The van der Waals surface area contributed by atoms with Crippen LogP contribution in [0.2, 0.25) is 5.02 Å². The largest absolute Gasteiger partial charge is 0.392 e. The lowest BCUT2D eigenvalue weighted by atomic mass is 10.2. The average molecular weight is 277 g/mol. The third-order valence-corrected chi connectivity index (χ3v) is 3.43. The number of anilines is 1. The quantitative estimate of drug-likeness (QED) is 0.912. The van der Waals surface area contributed by atoms with Crippen molar-refractivity contribution in [2.75, 3.05) is 18.5 Å². The molecule has 0 spiro atoms. The van der Waals surface area contributed by atoms with Gasteiger partial charge in [-0.2, -0.15) is 0 Å². The number of halogens is 1. The van der Waals surface area contributed by atoms with Crippen molar-refractivity contribution in [2.45, 2.75) is 13.0 Å². The second kappa shape index (κ2) is 6.55. The molecule has 0 unspecified atom stereocenters. The van der Waals surface area contributed by atoms with Gasteiger partial charge in [0.25, 0.3) is 0 Å². The van der Waals surface area contributed by atoms with E-state index < -0.39 is 0 Å². The number of hydrogen-bond donors (Lipinski definition) is 1. The fraction of sp³-hybridized carbons (Fsp3) is 0.267. The minimum atomic E-state index is -0.0310. The predicted octanol–water partition coefficient (Wildman–Crippen LogP) is 2.91. The first-order valence-electron chi connectivity index (χ1n) is 6.21. The van der Waals surface area contributed by atoms with Gasteiger partial charge < -0.3 is 10.0 Å². The molecule has 0 bridgehead atoms. The first-order chi connectivity index (χ1) is 9.20. The molecule has 0 aliphatic carbocycles. The molecule has 0 saturated heterocycles. The molecule has 19 heavy (non-hydrogen) atoms. The summed E-state index contributed by atoms with van der Waals surface area (Å²) in [6, 6.07) is 11.6. The fourth-order valence-corrected chi connectivity index (χ4v) is 2.09. The smallest absolute Gasteiger partial charge is 0.0696 e. The van der Waals surface area contributed by atoms with Gasteiger partial charge in [0.2, 0.25) is 0 Å². The highest BCUT2D eigenvalue weighted by Gasteiger charge is 2.05. The third kappa shape index (κ3) is 3.69. The predicted molar refractivity (Wildman–Crippen MR) is 78.6 cm³/mol. The molecule has 0 aliphatic rings. The molecular formula is C15H17ClN2O. The van der Waals surface area contributed by atoms with Crippen molar-refractivity contribution in [1.29, 1.82) is 0 Å². The summed E-state index contributed by atoms with van der Waals surface area (Å²) in [7, 11) is 2.02. The zero-order chi connectivity index (χ0) is 13.7. The Hall–Kier alpha value is -1.58. The van der Waals surface area contributed by atoms with E-state index in [2.05, 4.69) is 9.88 Å². The lowest BCUT2D eigenvalue weighted by Gasteiger charge is -2.20. The molecule has 4 heteroatoms. The zero-order valence-corrected chi connectivity index (χ0v) is 11.6. The molecule has 2 aromatic rings. The van der Waals surface area contributed by atoms with Gasteiger partial charge in [-0.05, 0) is 29.8 Å². The average Bonchev–Trinajstić information content (AvgIpc) is 2.45. The summed E-state index contributed by atoms with van der Waals surface area (Å²) in [4.78, 5) is 6.43. The number of likely N-dealkylation sites (N-methyl/N-ethyl adjacent to an activating group) is 1. The topological polar surface area (TPSA) is 36.4 Å². The Morgan fingerprint density at radius 1 is 1.26 bits per heavy atom. The van der Waals surface area contributed by atoms with E-state index in [-0.39, 0.29) is 6.61 Å². The monoisotopic (exact) mass is 276 g/mol. The van der Waals surface area contributed by atoms with Crippen molar-refractivity contribution in [3.63, 3.8) is 0 Å². The van der Waals surface area contributed by atoms with E-state index in [1.165, 1.54) is 0 Å². The Morgan fingerprint density at radius 2 is 2.11 bits per heavy atom. The molecule has 0 amide bonds. The maximum atomic E-state index is 9.09. The second-order valence-electron chi connectivity index (χ2n) is 4.43. The van der Waals surface area contributed by atoms with Crippen LogP contribution in [0.15, 0.2) is 42.6 Å². The van der Waals surface area contributed by atoms with Gasteiger partial charge in [-0.3, -0.25) is 4.98 Å². The number of aliphatic hydroxyl groups is 1. The summed E-state index contributed by atoms with van der Waals surface area (Å²) in [5.41, 5.74) is 2.87. The Kier molecular flexibility index (Phi) is 4.77. The summed E-state index contributed by atoms with van der Waals surface area (Å²) >= 11 is 6.09. The summed E-state index contributed by atoms with van der Waals surface area (Å²) < 4.78 is 0. The molecule has 100 valence electrons. The van der Waals surface area contributed by atoms with Crippen molar-refractivity contribution in [3.05, 3.63) is 58.9 Å². The van der Waals surface area contributed by atoms with Gasteiger partial charge >= 0.3 is 0 Å². The van der Waals surface area contributed by atoms with Gasteiger partial charge in [0.1, 0.15) is 0 Å². The Balaban J connectivity index is 2.00. The normalized spacial score (nSPS) is 10.5. The van der Waals surface area contributed by atoms with Crippen LogP contribution in [0.1, 0.15) is 11.3 Å². The molecular weight excluding hydrogens is 260 g/mol. The lowest BCUT2D eigenvalue weighted by Crippen LogP contribution is -2.20. The maximum absolute atomic E-state index is 9.09. The van der Waals surface area contributed by atoms with Crippen LogP contribution in [0.3, 0.4) is 0 Å². The van der Waals surface area contributed by atoms with Gasteiger partial charge in [0, 0.05) is 42.6 Å². The van der Waals surface area contributed by atoms with Crippen molar-refractivity contribution < 1.29 is 5.11 Å². The molecule has 0 fully saturated rings. The van der Waals surface area contributed by atoms with E-state index in [1.54, 1.807) is 0 Å². The highest BCUT2D eigenvalue weighted by atomic mass is 35.5. The molecule has 0 aliphatic heterocycles. The molecule has 0 saturated carbocycles. The molecule has 3 nitrogen and oxygen atoms in total. The number of rotatable bonds is 5. The molecule has 1 N–H and O–H groups in total. The Bertz CT molecular complexity index is 531. The van der Waals surface area contributed by atoms with E-state index in [0.717, 1.165) is 29.9 Å². The standard InChI is InChI=1S/C15H17ClN2O/c1-18(9-7-13-4-2-3-8-17-13)14-6-5-12(11-19)15(16)10-14/h2-6,8,10,19H,7,9,11H2,1H3. The van der Waals surface area contributed by atoms with E-state index >= 15 is 0 Å². The SMILES string of the molecule is CN(CCc1ccccn1)c1ccc(CO)c(Cl)c1. The van der Waals surface area contributed by atoms with E-state index in [0.29, 0.717) is 5.02 Å². The maximum Gasteiger partial charge on any atom is 0.0696 e. The van der Waals surface area contributed by atoms with Gasteiger partial charge in [-0.1, -0.05) is 23.7 Å². The van der Waals surface area contributed by atoms with Gasteiger partial charge in [-0.15, -0.1) is 0 Å². The Labute approximate surface area is 118 Å². The van der Waals surface area contributed by atoms with Crippen LogP contribution in [0.4, 0.5) is 5.69 Å². The van der Waals surface area contributed by atoms with Crippen LogP contribution >= 0.6 is 11.6 Å². The lowest BCUT2D eigenvalue weighted by molar-refractivity contribution is 0.282. The van der Waals surface area contributed by atoms with Crippen molar-refractivity contribution >= 4 is 17.3 Å². The first kappa shape index (κ1) is 13.8. The van der Waals surface area contributed by atoms with Crippen molar-refractivity contribution in [1.82, 2.24) is 4.98 Å². The highest BCUT2D eigenvalue weighted by molar-refractivity contribution is 6.31. The second-order valence-corrected chi connectivity index (χ2v) is 4.83. The number of nitrogens with zero attached hydrogens (tertiary/aromatic N) is 2. The van der Waals surface area contributed by atoms with Crippen LogP contribution in [0.25, 0.3) is 0 Å². The van der Waals surface area contributed by atoms with Crippen molar-refractivity contribution in [2.24, 2.45) is 0 Å². The molecule has 1 heterocycles. The molecule has 1 aromatic heterocycles. The minimum Gasteiger partial charge on any atom is -0.392 e. The molecule has 2 rings (SSSR count). The summed E-state index contributed by atoms with van der Waals surface area (Å²) in [6.07, 6.45) is 2.69. The highest BCUT2D eigenvalue weighted by Crippen LogP contribution is 2.23. The summed E-state index contributed by atoms with van der Waals surface area (Å²) in [6.45, 7) is 0.836. The van der Waals surface area contributed by atoms with Crippen LogP contribution in [0, 0.1) is 0 Å². The van der Waals surface area contributed by atoms with Gasteiger partial charge in [0.15, 0.2) is 0 Å². The van der Waals surface area contributed by atoms with Crippen LogP contribution in [0.5, 0.6) is 0 Å². The number of hydrogen-bond acceptors (Lipinski definition) is 3. The van der Waals surface area contributed by atoms with Crippen LogP contribution in [-0.4, -0.2) is 23.7 Å². The fourth-order valence-electron chi connectivity index (χ4n) is 1.86. The first-order valence-corrected chi connectivity index (χ1v) is 6.59. The third-order valence-electron chi connectivity index (χ3n) is 3.08. The summed E-state index contributed by atoms with van der Waals surface area (Å²) in [5.74, 6) is 0. The number of aromatic nitrogens is 1. The van der Waals surface area contributed by atoms with Gasteiger partial charge in [-0.25, -0.2) is 0 Å². The molecule has 0 atom stereocenters. The Morgan fingerprint density at radius 3 is 2.74 bits per heavy atom. The number of benzene rings is 1. The van der Waals surface area contributed by atoms with Crippen molar-refractivity contribution in [3.8, 4) is 0 Å². The molecule has 1 aromatic carbocycles. The minimum absolute atomic E-state index is 0.0310. The van der Waals surface area contributed by atoms with E-state index in [4.69, 9.17) is 16.7 Å². The van der Waals surface area contributed by atoms with E-state index in [1.807, 2.05) is 49.6 Å². The number of pyridine rings is 1. The van der Waals surface area contributed by atoms with Crippen LogP contribution < -0.4 is 4.90 Å². The van der Waals surface area contributed by atoms with Crippen LogP contribution in [-0.2, 0) is 13.0 Å². The number of aliphatic hydroxyl groups excluding tert-OH is 1.